The van der Waals surface area contributed by atoms with Gasteiger partial charge < -0.3 is 5.32 Å². The highest BCUT2D eigenvalue weighted by atomic mass is 19.4. The van der Waals surface area contributed by atoms with Crippen molar-refractivity contribution in [2.45, 2.75) is 31.6 Å². The molecule has 1 saturated carbocycles. The van der Waals surface area contributed by atoms with Crippen LogP contribution < -0.4 is 5.32 Å². The van der Waals surface area contributed by atoms with Gasteiger partial charge in [-0.1, -0.05) is 17.3 Å². The maximum atomic E-state index is 12.9. The van der Waals surface area contributed by atoms with Gasteiger partial charge in [-0.05, 0) is 25.0 Å². The van der Waals surface area contributed by atoms with Crippen LogP contribution in [0.3, 0.4) is 0 Å². The average molecular weight is 282 g/mol. The number of para-hydroxylation sites is 1. The van der Waals surface area contributed by atoms with Gasteiger partial charge in [0.05, 0.1) is 23.1 Å². The summed E-state index contributed by atoms with van der Waals surface area (Å²) in [5.74, 6) is 0. The van der Waals surface area contributed by atoms with Gasteiger partial charge in [0, 0.05) is 12.6 Å². The van der Waals surface area contributed by atoms with Crippen LogP contribution in [0.4, 0.5) is 13.2 Å². The van der Waals surface area contributed by atoms with E-state index < -0.39 is 11.7 Å². The van der Waals surface area contributed by atoms with Gasteiger partial charge in [-0.15, -0.1) is 5.10 Å². The zero-order chi connectivity index (χ0) is 14.2. The third kappa shape index (κ3) is 2.82. The normalized spacial score (nSPS) is 15.6. The van der Waals surface area contributed by atoms with E-state index in [4.69, 9.17) is 0 Å². The molecule has 106 valence electrons. The summed E-state index contributed by atoms with van der Waals surface area (Å²) >= 11 is 0. The number of rotatable bonds is 4. The topological polar surface area (TPSA) is 42.7 Å². The Morgan fingerprint density at radius 1 is 1.25 bits per heavy atom. The molecule has 4 nitrogen and oxygen atoms in total. The zero-order valence-electron chi connectivity index (χ0n) is 10.6. The minimum absolute atomic E-state index is 0.00910. The second-order valence-electron chi connectivity index (χ2n) is 4.82. The molecule has 1 aliphatic rings. The van der Waals surface area contributed by atoms with Crippen molar-refractivity contribution < 1.29 is 13.2 Å². The Morgan fingerprint density at radius 3 is 2.70 bits per heavy atom. The van der Waals surface area contributed by atoms with Crippen molar-refractivity contribution >= 4 is 0 Å². The van der Waals surface area contributed by atoms with E-state index in [1.165, 1.54) is 23.0 Å². The van der Waals surface area contributed by atoms with E-state index in [9.17, 15) is 13.2 Å². The number of benzene rings is 1. The van der Waals surface area contributed by atoms with Crippen LogP contribution in [-0.2, 0) is 12.7 Å². The molecule has 0 radical (unpaired) electrons. The molecule has 0 aliphatic heterocycles. The van der Waals surface area contributed by atoms with Crippen LogP contribution in [0.2, 0.25) is 0 Å². The molecule has 0 spiro atoms. The van der Waals surface area contributed by atoms with Gasteiger partial charge in [0.15, 0.2) is 0 Å². The van der Waals surface area contributed by atoms with Crippen molar-refractivity contribution in [2.75, 3.05) is 0 Å². The zero-order valence-corrected chi connectivity index (χ0v) is 10.6. The fraction of sp³-hybridized carbons (Fsp3) is 0.385. The molecule has 2 aromatic rings. The summed E-state index contributed by atoms with van der Waals surface area (Å²) < 4.78 is 40.0. The maximum absolute atomic E-state index is 12.9. The fourth-order valence-corrected chi connectivity index (χ4v) is 1.95. The summed E-state index contributed by atoms with van der Waals surface area (Å²) in [5.41, 5.74) is -0.0920. The average Bonchev–Trinajstić information content (AvgIpc) is 3.12. The summed E-state index contributed by atoms with van der Waals surface area (Å²) in [4.78, 5) is 0. The molecule has 1 N–H and O–H groups in total. The van der Waals surface area contributed by atoms with Crippen LogP contribution in [-0.4, -0.2) is 21.0 Å². The van der Waals surface area contributed by atoms with Crippen LogP contribution in [0, 0.1) is 0 Å². The van der Waals surface area contributed by atoms with Crippen LogP contribution >= 0.6 is 0 Å². The summed E-state index contributed by atoms with van der Waals surface area (Å²) in [5, 5.41) is 10.9. The predicted octanol–water partition coefficient (Wildman–Crippen LogP) is 2.54. The summed E-state index contributed by atoms with van der Waals surface area (Å²) in [7, 11) is 0. The third-order valence-corrected chi connectivity index (χ3v) is 3.15. The molecular weight excluding hydrogens is 269 g/mol. The number of halogens is 3. The van der Waals surface area contributed by atoms with Crippen LogP contribution in [0.25, 0.3) is 5.69 Å². The van der Waals surface area contributed by atoms with Gasteiger partial charge in [0.2, 0.25) is 0 Å². The van der Waals surface area contributed by atoms with E-state index >= 15 is 0 Å². The van der Waals surface area contributed by atoms with Gasteiger partial charge in [-0.2, -0.15) is 13.2 Å². The van der Waals surface area contributed by atoms with E-state index in [1.54, 1.807) is 6.07 Å². The third-order valence-electron chi connectivity index (χ3n) is 3.15. The highest BCUT2D eigenvalue weighted by molar-refractivity contribution is 5.42. The smallest absolute Gasteiger partial charge is 0.308 e. The van der Waals surface area contributed by atoms with Gasteiger partial charge in [0.1, 0.15) is 0 Å². The molecule has 0 saturated heterocycles. The maximum Gasteiger partial charge on any atom is 0.418 e. The minimum Gasteiger partial charge on any atom is -0.308 e. The monoisotopic (exact) mass is 282 g/mol. The highest BCUT2D eigenvalue weighted by Gasteiger charge is 2.34. The van der Waals surface area contributed by atoms with E-state index in [1.807, 2.05) is 0 Å². The number of nitrogens with one attached hydrogen (secondary N) is 1. The lowest BCUT2D eigenvalue weighted by Gasteiger charge is -2.11. The number of hydrogen-bond acceptors (Lipinski definition) is 3. The number of hydrogen-bond donors (Lipinski definition) is 1. The van der Waals surface area contributed by atoms with Crippen molar-refractivity contribution in [2.24, 2.45) is 0 Å². The summed E-state index contributed by atoms with van der Waals surface area (Å²) in [6.07, 6.45) is -0.592. The Morgan fingerprint density at radius 2 is 2.00 bits per heavy atom. The molecule has 1 fully saturated rings. The van der Waals surface area contributed by atoms with Gasteiger partial charge in [-0.3, -0.25) is 0 Å². The van der Waals surface area contributed by atoms with Crippen molar-refractivity contribution in [1.29, 1.82) is 0 Å². The van der Waals surface area contributed by atoms with Crippen LogP contribution in [0.1, 0.15) is 24.1 Å². The minimum atomic E-state index is -4.41. The van der Waals surface area contributed by atoms with E-state index in [0.29, 0.717) is 18.3 Å². The van der Waals surface area contributed by atoms with Gasteiger partial charge in [0.25, 0.3) is 0 Å². The van der Waals surface area contributed by atoms with E-state index in [2.05, 4.69) is 15.6 Å². The first kappa shape index (κ1) is 13.1. The Labute approximate surface area is 113 Å². The van der Waals surface area contributed by atoms with Gasteiger partial charge >= 0.3 is 6.18 Å². The van der Waals surface area contributed by atoms with Crippen molar-refractivity contribution in [3.63, 3.8) is 0 Å². The molecule has 7 heteroatoms. The van der Waals surface area contributed by atoms with E-state index in [-0.39, 0.29) is 5.69 Å². The molecule has 0 atom stereocenters. The first-order valence-corrected chi connectivity index (χ1v) is 6.35. The molecule has 0 unspecified atom stereocenters. The first-order chi connectivity index (χ1) is 9.54. The lowest BCUT2D eigenvalue weighted by atomic mass is 10.1. The largest absolute Gasteiger partial charge is 0.418 e. The van der Waals surface area contributed by atoms with Crippen molar-refractivity contribution in [3.8, 4) is 5.69 Å². The predicted molar refractivity (Wildman–Crippen MR) is 66.2 cm³/mol. The molecule has 0 amide bonds. The van der Waals surface area contributed by atoms with Crippen LogP contribution in [0.5, 0.6) is 0 Å². The summed E-state index contributed by atoms with van der Waals surface area (Å²) in [6, 6.07) is 5.85. The van der Waals surface area contributed by atoms with Crippen molar-refractivity contribution in [3.05, 3.63) is 41.7 Å². The highest BCUT2D eigenvalue weighted by Crippen LogP contribution is 2.33. The second kappa shape index (κ2) is 4.90. The fourth-order valence-electron chi connectivity index (χ4n) is 1.95. The number of aromatic nitrogens is 3. The quantitative estimate of drug-likeness (QED) is 0.937. The molecule has 20 heavy (non-hydrogen) atoms. The molecule has 1 aliphatic carbocycles. The molecule has 1 aromatic carbocycles. The number of alkyl halides is 3. The molecule has 0 bridgehead atoms. The van der Waals surface area contributed by atoms with E-state index in [0.717, 1.165) is 18.9 Å². The van der Waals surface area contributed by atoms with Crippen LogP contribution in [0.15, 0.2) is 30.5 Å². The Bertz CT molecular complexity index is 602. The Hall–Kier alpha value is -1.89. The molecule has 1 aromatic heterocycles. The van der Waals surface area contributed by atoms with Crippen molar-refractivity contribution in [1.82, 2.24) is 20.3 Å². The molecular formula is C13H13F3N4. The number of nitrogens with zero attached hydrogens (tertiary/aromatic N) is 3. The lowest BCUT2D eigenvalue weighted by molar-refractivity contribution is -0.137. The Balaban J connectivity index is 1.85. The first-order valence-electron chi connectivity index (χ1n) is 6.35. The lowest BCUT2D eigenvalue weighted by Crippen LogP contribution is -2.15. The second-order valence-corrected chi connectivity index (χ2v) is 4.82. The SMILES string of the molecule is FC(F)(F)c1ccccc1-n1cc(CNC2CC2)nn1. The standard InChI is InChI=1S/C13H13F3N4/c14-13(15,16)11-3-1-2-4-12(11)20-8-10(18-19-20)7-17-9-5-6-9/h1-4,8-9,17H,5-7H2. The Kier molecular flexibility index (Phi) is 3.21. The molecule has 3 rings (SSSR count). The molecule has 1 heterocycles. The summed E-state index contributed by atoms with van der Waals surface area (Å²) in [6.45, 7) is 0.527. The van der Waals surface area contributed by atoms with Gasteiger partial charge in [-0.25, -0.2) is 4.68 Å².